The van der Waals surface area contributed by atoms with Gasteiger partial charge in [0, 0.05) is 19.4 Å². The van der Waals surface area contributed by atoms with Gasteiger partial charge in [0.05, 0.1) is 13.2 Å². The number of esters is 2. The lowest BCUT2D eigenvalue weighted by molar-refractivity contribution is -0.161. The van der Waals surface area contributed by atoms with E-state index in [1.807, 2.05) is 19.0 Å². The molecule has 0 radical (unpaired) electrons. The monoisotopic (exact) mass is 852 g/mol. The second-order valence-corrected chi connectivity index (χ2v) is 17.7. The summed E-state index contributed by atoms with van der Waals surface area (Å²) in [5, 5.41) is 0. The molecule has 0 saturated heterocycles. The summed E-state index contributed by atoms with van der Waals surface area (Å²) in [4.78, 5) is 37.1. The van der Waals surface area contributed by atoms with Crippen LogP contribution in [0.4, 0.5) is 0 Å². The van der Waals surface area contributed by atoms with Gasteiger partial charge in [-0.2, -0.15) is 0 Å². The average molecular weight is 852 g/mol. The molecule has 0 spiro atoms. The number of hydrogen-bond donors (Lipinski definition) is 1. The number of phosphoric acid groups is 1. The predicted octanol–water partition coefficient (Wildman–Crippen LogP) is 14.1. The molecule has 2 atom stereocenters. The fraction of sp³-hybridized carbons (Fsp3) is 0.796. The quantitative estimate of drug-likeness (QED) is 0.0277. The summed E-state index contributed by atoms with van der Waals surface area (Å²) in [5.74, 6) is -0.825. The number of ether oxygens (including phenoxy) is 2. The Morgan fingerprint density at radius 1 is 0.542 bits per heavy atom. The van der Waals surface area contributed by atoms with Gasteiger partial charge in [-0.15, -0.1) is 0 Å². The molecule has 0 heterocycles. The Hall–Kier alpha value is -2.03. The maximum Gasteiger partial charge on any atom is 0.472 e. The highest BCUT2D eigenvalue weighted by Crippen LogP contribution is 2.43. The zero-order valence-corrected chi connectivity index (χ0v) is 39.3. The molecule has 0 rings (SSSR count). The van der Waals surface area contributed by atoms with Crippen LogP contribution in [0.5, 0.6) is 0 Å². The Balaban J connectivity index is 4.25. The van der Waals surface area contributed by atoms with E-state index in [1.54, 1.807) is 0 Å². The molecular formula is C49H90NO8P. The third-order valence-electron chi connectivity index (χ3n) is 10.1. The Morgan fingerprint density at radius 2 is 0.966 bits per heavy atom. The summed E-state index contributed by atoms with van der Waals surface area (Å²) in [6.07, 6.45) is 50.1. The predicted molar refractivity (Wildman–Crippen MR) is 248 cm³/mol. The highest BCUT2D eigenvalue weighted by Gasteiger charge is 2.26. The second kappa shape index (κ2) is 44.0. The zero-order valence-electron chi connectivity index (χ0n) is 38.4. The number of rotatable bonds is 44. The third kappa shape index (κ3) is 45.3. The van der Waals surface area contributed by atoms with Crippen molar-refractivity contribution in [3.05, 3.63) is 48.6 Å². The smallest absolute Gasteiger partial charge is 0.462 e. The van der Waals surface area contributed by atoms with Crippen molar-refractivity contribution < 1.29 is 37.6 Å². The fourth-order valence-corrected chi connectivity index (χ4v) is 7.24. The van der Waals surface area contributed by atoms with Crippen LogP contribution >= 0.6 is 7.82 Å². The number of allylic oxidation sites excluding steroid dienone is 8. The van der Waals surface area contributed by atoms with Crippen molar-refractivity contribution in [2.45, 2.75) is 213 Å². The molecule has 0 aliphatic rings. The first-order valence-electron chi connectivity index (χ1n) is 23.9. The van der Waals surface area contributed by atoms with E-state index in [9.17, 15) is 19.0 Å². The summed E-state index contributed by atoms with van der Waals surface area (Å²) >= 11 is 0. The van der Waals surface area contributed by atoms with Crippen molar-refractivity contribution in [3.8, 4) is 0 Å². The highest BCUT2D eigenvalue weighted by molar-refractivity contribution is 7.47. The summed E-state index contributed by atoms with van der Waals surface area (Å²) in [7, 11) is -0.722. The van der Waals surface area contributed by atoms with E-state index in [2.05, 4.69) is 62.5 Å². The summed E-state index contributed by atoms with van der Waals surface area (Å²) in [5.41, 5.74) is 0. The van der Waals surface area contributed by atoms with Crippen molar-refractivity contribution >= 4 is 19.8 Å². The van der Waals surface area contributed by atoms with Gasteiger partial charge in [-0.05, 0) is 65.5 Å². The van der Waals surface area contributed by atoms with Crippen LogP contribution in [-0.4, -0.2) is 68.3 Å². The van der Waals surface area contributed by atoms with E-state index >= 15 is 0 Å². The largest absolute Gasteiger partial charge is 0.472 e. The summed E-state index contributed by atoms with van der Waals surface area (Å²) in [6, 6.07) is 0. The van der Waals surface area contributed by atoms with Crippen LogP contribution in [0.2, 0.25) is 0 Å². The van der Waals surface area contributed by atoms with E-state index in [-0.39, 0.29) is 26.1 Å². The lowest BCUT2D eigenvalue weighted by Crippen LogP contribution is -2.29. The second-order valence-electron chi connectivity index (χ2n) is 16.3. The van der Waals surface area contributed by atoms with Crippen LogP contribution in [0.3, 0.4) is 0 Å². The molecule has 0 aromatic carbocycles. The van der Waals surface area contributed by atoms with Crippen LogP contribution in [0, 0.1) is 0 Å². The lowest BCUT2D eigenvalue weighted by atomic mass is 10.0. The topological polar surface area (TPSA) is 112 Å². The number of carbonyl (C=O) groups is 2. The maximum absolute atomic E-state index is 12.7. The van der Waals surface area contributed by atoms with E-state index in [4.69, 9.17) is 18.5 Å². The summed E-state index contributed by atoms with van der Waals surface area (Å²) < 4.78 is 33.5. The maximum atomic E-state index is 12.7. The van der Waals surface area contributed by atoms with Gasteiger partial charge in [0.25, 0.3) is 0 Å². The fourth-order valence-electron chi connectivity index (χ4n) is 6.50. The number of carbonyl (C=O) groups excluding carboxylic acids is 2. The first kappa shape index (κ1) is 57.0. The van der Waals surface area contributed by atoms with E-state index in [0.29, 0.717) is 19.4 Å². The molecule has 59 heavy (non-hydrogen) atoms. The van der Waals surface area contributed by atoms with Crippen molar-refractivity contribution in [2.75, 3.05) is 40.5 Å². The van der Waals surface area contributed by atoms with Gasteiger partial charge in [-0.1, -0.05) is 191 Å². The van der Waals surface area contributed by atoms with Gasteiger partial charge >= 0.3 is 19.8 Å². The van der Waals surface area contributed by atoms with E-state index in [1.165, 1.54) is 103 Å². The minimum atomic E-state index is -4.37. The number of likely N-dealkylation sites (N-methyl/N-ethyl adjacent to an activating group) is 1. The highest BCUT2D eigenvalue weighted by atomic mass is 31.2. The van der Waals surface area contributed by atoms with Crippen molar-refractivity contribution in [2.24, 2.45) is 0 Å². The summed E-state index contributed by atoms with van der Waals surface area (Å²) in [6.45, 7) is 4.20. The molecule has 2 unspecified atom stereocenters. The average Bonchev–Trinajstić information content (AvgIpc) is 3.20. The number of hydrogen-bond acceptors (Lipinski definition) is 8. The molecule has 0 amide bonds. The standard InChI is InChI=1S/C49H90NO8P/c1-5-7-9-11-13-15-17-19-21-23-24-26-28-30-32-34-36-38-40-42-49(52)58-47(46-57-59(53,54)56-44-43-50(3)4)45-55-48(51)41-39-37-35-33-31-29-27-25-22-20-18-16-14-12-10-8-6-2/h8,10,14,16,20,22,27,29,47H,5-7,9,11-13,15,17-19,21,23-26,28,30-46H2,1-4H3,(H,53,54)/b10-8-,16-14-,22-20-,29-27-. The molecule has 10 heteroatoms. The molecule has 0 aliphatic heterocycles. The molecule has 9 nitrogen and oxygen atoms in total. The first-order chi connectivity index (χ1) is 28.7. The number of nitrogens with zero attached hydrogens (tertiary/aromatic N) is 1. The molecular weight excluding hydrogens is 762 g/mol. The van der Waals surface area contributed by atoms with Gasteiger partial charge in [0.2, 0.25) is 0 Å². The van der Waals surface area contributed by atoms with Crippen LogP contribution in [-0.2, 0) is 32.7 Å². The SMILES string of the molecule is CC/C=C\C/C=C\C/C=C\C/C=C\CCCCCCC(=O)OCC(COP(=O)(O)OCCN(C)C)OC(=O)CCCCCCCCCCCCCCCCCCCCC. The Kier molecular flexibility index (Phi) is 42.5. The first-order valence-corrected chi connectivity index (χ1v) is 25.4. The minimum absolute atomic E-state index is 0.00304. The van der Waals surface area contributed by atoms with Crippen molar-refractivity contribution in [1.82, 2.24) is 4.90 Å². The Morgan fingerprint density at radius 3 is 1.44 bits per heavy atom. The minimum Gasteiger partial charge on any atom is -0.462 e. The van der Waals surface area contributed by atoms with Crippen molar-refractivity contribution in [3.63, 3.8) is 0 Å². The molecule has 0 fully saturated rings. The molecule has 0 aliphatic carbocycles. The normalized spacial score (nSPS) is 13.7. The van der Waals surface area contributed by atoms with Crippen LogP contribution in [0.1, 0.15) is 206 Å². The Bertz CT molecular complexity index is 1120. The van der Waals surface area contributed by atoms with Crippen LogP contribution < -0.4 is 0 Å². The molecule has 0 saturated carbocycles. The van der Waals surface area contributed by atoms with Gasteiger partial charge in [-0.25, -0.2) is 4.57 Å². The molecule has 0 aromatic rings. The molecule has 344 valence electrons. The number of phosphoric ester groups is 1. The molecule has 1 N–H and O–H groups in total. The molecule has 0 bridgehead atoms. The van der Waals surface area contributed by atoms with Gasteiger partial charge < -0.3 is 19.3 Å². The third-order valence-corrected chi connectivity index (χ3v) is 11.1. The van der Waals surface area contributed by atoms with Gasteiger partial charge in [-0.3, -0.25) is 18.6 Å². The number of unbranched alkanes of at least 4 members (excludes halogenated alkanes) is 22. The lowest BCUT2D eigenvalue weighted by Gasteiger charge is -2.20. The van der Waals surface area contributed by atoms with E-state index in [0.717, 1.165) is 64.2 Å². The zero-order chi connectivity index (χ0) is 43.3. The van der Waals surface area contributed by atoms with Crippen LogP contribution in [0.15, 0.2) is 48.6 Å². The Labute approximate surface area is 362 Å². The van der Waals surface area contributed by atoms with Crippen LogP contribution in [0.25, 0.3) is 0 Å². The van der Waals surface area contributed by atoms with Crippen molar-refractivity contribution in [1.29, 1.82) is 0 Å². The van der Waals surface area contributed by atoms with Gasteiger partial charge in [0.15, 0.2) is 6.10 Å². The van der Waals surface area contributed by atoms with E-state index < -0.39 is 32.5 Å². The molecule has 0 aromatic heterocycles. The van der Waals surface area contributed by atoms with Gasteiger partial charge in [0.1, 0.15) is 6.61 Å².